The van der Waals surface area contributed by atoms with Crippen molar-refractivity contribution in [1.82, 2.24) is 10.2 Å². The van der Waals surface area contributed by atoms with Crippen molar-refractivity contribution < 1.29 is 9.53 Å². The van der Waals surface area contributed by atoms with E-state index in [1.54, 1.807) is 0 Å². The molecule has 0 radical (unpaired) electrons. The molecule has 2 heterocycles. The molecule has 4 rings (SSSR count). The Hall–Kier alpha value is -0.610. The highest BCUT2D eigenvalue weighted by atomic mass is 16.5. The summed E-state index contributed by atoms with van der Waals surface area (Å²) in [7, 11) is 0. The highest BCUT2D eigenvalue weighted by molar-refractivity contribution is 5.91. The number of rotatable bonds is 3. The van der Waals surface area contributed by atoms with Gasteiger partial charge >= 0.3 is 0 Å². The number of hydrogen-bond donors (Lipinski definition) is 1. The number of hydrogen-bond acceptors (Lipinski definition) is 3. The van der Waals surface area contributed by atoms with E-state index in [1.165, 1.54) is 25.7 Å². The molecular weight excluding hydrogens is 252 g/mol. The van der Waals surface area contributed by atoms with E-state index in [-0.39, 0.29) is 5.54 Å². The van der Waals surface area contributed by atoms with Gasteiger partial charge in [0.25, 0.3) is 0 Å². The Morgan fingerprint density at radius 3 is 2.65 bits per heavy atom. The minimum Gasteiger partial charge on any atom is -0.378 e. The molecule has 2 aliphatic heterocycles. The fraction of sp³-hybridized carbons (Fsp3) is 0.938. The Morgan fingerprint density at radius 1 is 1.30 bits per heavy atom. The fourth-order valence-electron chi connectivity index (χ4n) is 4.42. The number of ether oxygens (including phenoxy) is 1. The number of amides is 1. The lowest BCUT2D eigenvalue weighted by atomic mass is 9.99. The maximum Gasteiger partial charge on any atom is 0.244 e. The number of carbonyl (C=O) groups is 1. The number of nitrogens with one attached hydrogen (secondary N) is 1. The van der Waals surface area contributed by atoms with E-state index < -0.39 is 0 Å². The van der Waals surface area contributed by atoms with Crippen molar-refractivity contribution in [2.45, 2.75) is 69.7 Å². The Morgan fingerprint density at radius 2 is 2.05 bits per heavy atom. The van der Waals surface area contributed by atoms with Gasteiger partial charge in [-0.25, -0.2) is 0 Å². The molecule has 2 aliphatic carbocycles. The Kier molecular flexibility index (Phi) is 3.08. The first-order valence-corrected chi connectivity index (χ1v) is 8.40. The molecule has 4 fully saturated rings. The Balaban J connectivity index is 1.52. The third-order valence-corrected chi connectivity index (χ3v) is 5.99. The number of carbonyl (C=O) groups excluding carboxylic acids is 1. The van der Waals surface area contributed by atoms with Crippen molar-refractivity contribution in [1.29, 1.82) is 0 Å². The zero-order valence-corrected chi connectivity index (χ0v) is 12.4. The monoisotopic (exact) mass is 278 g/mol. The second kappa shape index (κ2) is 4.70. The first kappa shape index (κ1) is 13.1. The minimum atomic E-state index is -0.157. The largest absolute Gasteiger partial charge is 0.378 e. The summed E-state index contributed by atoms with van der Waals surface area (Å²) < 4.78 is 5.68. The average molecular weight is 278 g/mol. The molecule has 4 nitrogen and oxygen atoms in total. The van der Waals surface area contributed by atoms with Crippen LogP contribution in [-0.2, 0) is 9.53 Å². The molecule has 1 N–H and O–H groups in total. The summed E-state index contributed by atoms with van der Waals surface area (Å²) in [4.78, 5) is 15.0. The smallest absolute Gasteiger partial charge is 0.244 e. The van der Waals surface area contributed by atoms with E-state index in [0.29, 0.717) is 30.0 Å². The summed E-state index contributed by atoms with van der Waals surface area (Å²) in [5, 5.41) is 3.71. The topological polar surface area (TPSA) is 41.6 Å². The quantitative estimate of drug-likeness (QED) is 0.857. The van der Waals surface area contributed by atoms with E-state index in [9.17, 15) is 4.79 Å². The lowest BCUT2D eigenvalue weighted by Crippen LogP contribution is -2.45. The van der Waals surface area contributed by atoms with Crippen molar-refractivity contribution in [3.8, 4) is 0 Å². The molecule has 3 atom stereocenters. The average Bonchev–Trinajstić information content (AvgIpc) is 2.79. The molecule has 2 saturated carbocycles. The number of nitrogens with zero attached hydrogens (tertiary/aromatic N) is 1. The van der Waals surface area contributed by atoms with Crippen LogP contribution in [-0.4, -0.2) is 41.8 Å². The normalized spacial score (nSPS) is 40.1. The maximum absolute atomic E-state index is 12.8. The zero-order chi connectivity index (χ0) is 13.7. The van der Waals surface area contributed by atoms with Crippen molar-refractivity contribution >= 4 is 5.91 Å². The molecular formula is C16H26N2O2. The molecule has 20 heavy (non-hydrogen) atoms. The predicted octanol–water partition coefficient (Wildman–Crippen LogP) is 1.89. The molecule has 1 amide bonds. The van der Waals surface area contributed by atoms with Gasteiger partial charge in [-0.05, 0) is 44.9 Å². The van der Waals surface area contributed by atoms with Crippen LogP contribution >= 0.6 is 0 Å². The van der Waals surface area contributed by atoms with Crippen LogP contribution in [0.4, 0.5) is 0 Å². The van der Waals surface area contributed by atoms with Gasteiger partial charge in [0.2, 0.25) is 5.91 Å². The molecule has 4 heteroatoms. The van der Waals surface area contributed by atoms with Gasteiger partial charge in [0, 0.05) is 19.1 Å². The molecule has 4 aliphatic rings. The van der Waals surface area contributed by atoms with E-state index in [4.69, 9.17) is 4.74 Å². The van der Waals surface area contributed by atoms with Crippen LogP contribution in [0.15, 0.2) is 0 Å². The van der Waals surface area contributed by atoms with Crippen molar-refractivity contribution in [2.75, 3.05) is 13.2 Å². The third-order valence-electron chi connectivity index (χ3n) is 5.99. The summed E-state index contributed by atoms with van der Waals surface area (Å²) in [6.07, 6.45) is 9.05. The summed E-state index contributed by atoms with van der Waals surface area (Å²) in [5.41, 5.74) is -0.157. The van der Waals surface area contributed by atoms with Crippen LogP contribution in [0.3, 0.4) is 0 Å². The summed E-state index contributed by atoms with van der Waals surface area (Å²) in [5.74, 6) is 1.59. The Labute approximate surface area is 121 Å². The van der Waals surface area contributed by atoms with Crippen molar-refractivity contribution in [2.24, 2.45) is 11.8 Å². The first-order valence-electron chi connectivity index (χ1n) is 8.40. The van der Waals surface area contributed by atoms with Crippen LogP contribution in [0, 0.1) is 11.8 Å². The predicted molar refractivity (Wildman–Crippen MR) is 76.1 cm³/mol. The van der Waals surface area contributed by atoms with Crippen molar-refractivity contribution in [3.05, 3.63) is 0 Å². The third kappa shape index (κ3) is 2.00. The van der Waals surface area contributed by atoms with Gasteiger partial charge in [0.05, 0.1) is 17.8 Å². The zero-order valence-electron chi connectivity index (χ0n) is 12.4. The molecule has 0 bridgehead atoms. The van der Waals surface area contributed by atoms with Gasteiger partial charge in [-0.1, -0.05) is 12.8 Å². The van der Waals surface area contributed by atoms with Gasteiger partial charge in [0.1, 0.15) is 0 Å². The molecule has 0 aromatic heterocycles. The van der Waals surface area contributed by atoms with E-state index in [1.807, 2.05) is 0 Å². The van der Waals surface area contributed by atoms with Gasteiger partial charge in [-0.15, -0.1) is 0 Å². The lowest BCUT2D eigenvalue weighted by molar-refractivity contribution is -0.132. The van der Waals surface area contributed by atoms with Gasteiger partial charge < -0.3 is 9.64 Å². The molecule has 2 saturated heterocycles. The maximum atomic E-state index is 12.8. The van der Waals surface area contributed by atoms with Gasteiger partial charge in [0.15, 0.2) is 0 Å². The van der Waals surface area contributed by atoms with Crippen LogP contribution in [0.1, 0.15) is 51.9 Å². The van der Waals surface area contributed by atoms with Crippen LogP contribution in [0.25, 0.3) is 0 Å². The van der Waals surface area contributed by atoms with E-state index >= 15 is 0 Å². The highest BCUT2D eigenvalue weighted by Crippen LogP contribution is 2.46. The lowest BCUT2D eigenvalue weighted by Gasteiger charge is -2.31. The molecule has 0 aromatic carbocycles. The van der Waals surface area contributed by atoms with Crippen LogP contribution < -0.4 is 5.32 Å². The second-order valence-electron chi connectivity index (χ2n) is 7.30. The van der Waals surface area contributed by atoms with Gasteiger partial charge in [-0.3, -0.25) is 10.1 Å². The summed E-state index contributed by atoms with van der Waals surface area (Å²) in [6.45, 7) is 3.92. The molecule has 112 valence electrons. The molecule has 1 spiro atoms. The summed E-state index contributed by atoms with van der Waals surface area (Å²) >= 11 is 0. The van der Waals surface area contributed by atoms with E-state index in [0.717, 1.165) is 32.4 Å². The van der Waals surface area contributed by atoms with Crippen LogP contribution in [0.5, 0.6) is 0 Å². The fourth-order valence-corrected chi connectivity index (χ4v) is 4.42. The van der Waals surface area contributed by atoms with E-state index in [2.05, 4.69) is 17.1 Å². The van der Waals surface area contributed by atoms with Gasteiger partial charge in [-0.2, -0.15) is 0 Å². The molecule has 0 aromatic rings. The van der Waals surface area contributed by atoms with Crippen molar-refractivity contribution in [3.63, 3.8) is 0 Å². The highest BCUT2D eigenvalue weighted by Gasteiger charge is 2.60. The summed E-state index contributed by atoms with van der Waals surface area (Å²) in [6, 6.07) is 0. The Bertz CT molecular complexity index is 401. The molecule has 3 unspecified atom stereocenters. The van der Waals surface area contributed by atoms with Crippen LogP contribution in [0.2, 0.25) is 0 Å². The standard InChI is InChI=1S/C16H26N2O2/c1-11-13(6-9-20-11)10-18-14(12-4-2-3-5-12)17-16(7-8-16)15(18)19/h11-14,17H,2-10H2,1H3. The minimum absolute atomic E-state index is 0.157. The first-order chi connectivity index (χ1) is 9.70. The SMILES string of the molecule is CC1OCCC1CN1C(=O)C2(CC2)NC1C1CCCC1. The second-order valence-corrected chi connectivity index (χ2v) is 7.30.